The number of rotatable bonds is 8. The Morgan fingerprint density at radius 3 is 2.40 bits per heavy atom. The standard InChI is InChI=1S/C24H31N3O3/c1-5-13-29-19-11-12-20-21(15-19)27(16(3)4)23(22(20)25)17-7-9-18(10-8-17)26-24(28)30-14-6-2/h7-12,15-16H,5-6,13-14,25H2,1-4H3,(H,26,28). The lowest BCUT2D eigenvalue weighted by molar-refractivity contribution is 0.161. The van der Waals surface area contributed by atoms with Gasteiger partial charge in [0.2, 0.25) is 0 Å². The van der Waals surface area contributed by atoms with E-state index in [9.17, 15) is 4.79 Å². The number of aromatic nitrogens is 1. The highest BCUT2D eigenvalue weighted by Gasteiger charge is 2.19. The summed E-state index contributed by atoms with van der Waals surface area (Å²) in [6.45, 7) is 9.42. The molecule has 0 aliphatic carbocycles. The van der Waals surface area contributed by atoms with Crippen molar-refractivity contribution in [3.63, 3.8) is 0 Å². The Balaban J connectivity index is 1.97. The highest BCUT2D eigenvalue weighted by Crippen LogP contribution is 2.40. The van der Waals surface area contributed by atoms with Gasteiger partial charge in [-0.1, -0.05) is 26.0 Å². The molecule has 0 saturated carbocycles. The van der Waals surface area contributed by atoms with E-state index in [1.807, 2.05) is 43.3 Å². The van der Waals surface area contributed by atoms with Crippen molar-refractivity contribution >= 4 is 28.4 Å². The maximum absolute atomic E-state index is 11.8. The molecule has 2 aromatic carbocycles. The number of amides is 1. The Morgan fingerprint density at radius 1 is 1.07 bits per heavy atom. The Bertz CT molecular complexity index is 1010. The second-order valence-electron chi connectivity index (χ2n) is 7.59. The fourth-order valence-electron chi connectivity index (χ4n) is 3.52. The fourth-order valence-corrected chi connectivity index (χ4v) is 3.52. The molecule has 0 saturated heterocycles. The van der Waals surface area contributed by atoms with Crippen LogP contribution < -0.4 is 15.8 Å². The average Bonchev–Trinajstić information content (AvgIpc) is 3.03. The summed E-state index contributed by atoms with van der Waals surface area (Å²) in [5.41, 5.74) is 11.0. The summed E-state index contributed by atoms with van der Waals surface area (Å²) < 4.78 is 13.1. The number of ether oxygens (including phenoxy) is 2. The molecule has 3 N–H and O–H groups in total. The predicted octanol–water partition coefficient (Wildman–Crippen LogP) is 6.22. The molecule has 0 fully saturated rings. The molecule has 6 heteroatoms. The monoisotopic (exact) mass is 409 g/mol. The highest BCUT2D eigenvalue weighted by molar-refractivity contribution is 6.01. The predicted molar refractivity (Wildman–Crippen MR) is 123 cm³/mol. The minimum absolute atomic E-state index is 0.211. The van der Waals surface area contributed by atoms with Gasteiger partial charge in [-0.3, -0.25) is 5.32 Å². The normalized spacial score (nSPS) is 11.1. The van der Waals surface area contributed by atoms with Gasteiger partial charge in [-0.2, -0.15) is 0 Å². The summed E-state index contributed by atoms with van der Waals surface area (Å²) in [5, 5.41) is 3.75. The zero-order valence-corrected chi connectivity index (χ0v) is 18.2. The number of hydrogen-bond donors (Lipinski definition) is 2. The van der Waals surface area contributed by atoms with Crippen molar-refractivity contribution in [3.8, 4) is 17.0 Å². The molecule has 1 heterocycles. The van der Waals surface area contributed by atoms with E-state index in [1.165, 1.54) is 0 Å². The minimum Gasteiger partial charge on any atom is -0.494 e. The lowest BCUT2D eigenvalue weighted by atomic mass is 10.1. The van der Waals surface area contributed by atoms with E-state index in [0.29, 0.717) is 18.9 Å². The molecule has 30 heavy (non-hydrogen) atoms. The maximum atomic E-state index is 11.8. The first-order chi connectivity index (χ1) is 14.5. The van der Waals surface area contributed by atoms with Crippen molar-refractivity contribution in [1.29, 1.82) is 0 Å². The van der Waals surface area contributed by atoms with Gasteiger partial charge in [0.25, 0.3) is 0 Å². The molecular formula is C24H31N3O3. The number of nitrogens with one attached hydrogen (secondary N) is 1. The Kier molecular flexibility index (Phi) is 6.87. The zero-order chi connectivity index (χ0) is 21.7. The fraction of sp³-hybridized carbons (Fsp3) is 0.375. The number of benzene rings is 2. The van der Waals surface area contributed by atoms with E-state index in [-0.39, 0.29) is 6.04 Å². The highest BCUT2D eigenvalue weighted by atomic mass is 16.5. The van der Waals surface area contributed by atoms with Gasteiger partial charge in [-0.05, 0) is 51.0 Å². The van der Waals surface area contributed by atoms with Crippen LogP contribution in [0.25, 0.3) is 22.2 Å². The molecule has 3 rings (SSSR count). The second-order valence-corrected chi connectivity index (χ2v) is 7.59. The van der Waals surface area contributed by atoms with E-state index >= 15 is 0 Å². The van der Waals surface area contributed by atoms with Crippen molar-refractivity contribution in [2.45, 2.75) is 46.6 Å². The first-order valence-electron chi connectivity index (χ1n) is 10.6. The van der Waals surface area contributed by atoms with Crippen LogP contribution in [0, 0.1) is 0 Å². The summed E-state index contributed by atoms with van der Waals surface area (Å²) >= 11 is 0. The number of anilines is 2. The summed E-state index contributed by atoms with van der Waals surface area (Å²) in [4.78, 5) is 11.8. The van der Waals surface area contributed by atoms with Crippen molar-refractivity contribution in [2.75, 3.05) is 24.3 Å². The van der Waals surface area contributed by atoms with Gasteiger partial charge >= 0.3 is 6.09 Å². The lowest BCUT2D eigenvalue weighted by Gasteiger charge is -2.16. The zero-order valence-electron chi connectivity index (χ0n) is 18.2. The van der Waals surface area contributed by atoms with Gasteiger partial charge in [0.15, 0.2) is 0 Å². The summed E-state index contributed by atoms with van der Waals surface area (Å²) in [6, 6.07) is 13.9. The SMILES string of the molecule is CCCOC(=O)Nc1ccc(-c2c(N)c3ccc(OCCC)cc3n2C(C)C)cc1. The number of nitrogens with two attached hydrogens (primary N) is 1. The van der Waals surface area contributed by atoms with Crippen LogP contribution in [0.2, 0.25) is 0 Å². The Hall–Kier alpha value is -3.15. The van der Waals surface area contributed by atoms with Gasteiger partial charge in [0, 0.05) is 28.7 Å². The average molecular weight is 410 g/mol. The quantitative estimate of drug-likeness (QED) is 0.463. The van der Waals surface area contributed by atoms with E-state index in [0.717, 1.165) is 46.4 Å². The molecule has 0 unspecified atom stereocenters. The van der Waals surface area contributed by atoms with Crippen LogP contribution in [0.4, 0.5) is 16.2 Å². The molecule has 3 aromatic rings. The van der Waals surface area contributed by atoms with Crippen molar-refractivity contribution in [1.82, 2.24) is 4.57 Å². The molecule has 160 valence electrons. The van der Waals surface area contributed by atoms with Crippen LogP contribution in [0.1, 0.15) is 46.6 Å². The number of carbonyl (C=O) groups excluding carboxylic acids is 1. The second kappa shape index (κ2) is 9.57. The molecule has 0 atom stereocenters. The number of carbonyl (C=O) groups is 1. The van der Waals surface area contributed by atoms with E-state index in [4.69, 9.17) is 15.2 Å². The van der Waals surface area contributed by atoms with Crippen LogP contribution in [0.5, 0.6) is 5.75 Å². The third kappa shape index (κ3) is 4.53. The van der Waals surface area contributed by atoms with E-state index in [2.05, 4.69) is 36.7 Å². The smallest absolute Gasteiger partial charge is 0.411 e. The summed E-state index contributed by atoms with van der Waals surface area (Å²) in [6.07, 6.45) is 1.31. The van der Waals surface area contributed by atoms with Crippen molar-refractivity contribution in [2.24, 2.45) is 0 Å². The topological polar surface area (TPSA) is 78.5 Å². The minimum atomic E-state index is -0.444. The number of nitrogens with zero attached hydrogens (tertiary/aromatic N) is 1. The molecule has 1 aromatic heterocycles. The number of nitrogen functional groups attached to an aromatic ring is 1. The lowest BCUT2D eigenvalue weighted by Crippen LogP contribution is -2.13. The van der Waals surface area contributed by atoms with Crippen LogP contribution in [-0.2, 0) is 4.74 Å². The summed E-state index contributed by atoms with van der Waals surface area (Å²) in [5.74, 6) is 0.848. The third-order valence-corrected chi connectivity index (χ3v) is 4.85. The van der Waals surface area contributed by atoms with Crippen LogP contribution in [0.3, 0.4) is 0 Å². The van der Waals surface area contributed by atoms with Crippen LogP contribution in [0.15, 0.2) is 42.5 Å². The molecule has 6 nitrogen and oxygen atoms in total. The third-order valence-electron chi connectivity index (χ3n) is 4.85. The van der Waals surface area contributed by atoms with E-state index < -0.39 is 6.09 Å². The van der Waals surface area contributed by atoms with Gasteiger partial charge in [0.05, 0.1) is 30.1 Å². The van der Waals surface area contributed by atoms with Gasteiger partial charge in [0.1, 0.15) is 5.75 Å². The van der Waals surface area contributed by atoms with Crippen molar-refractivity contribution < 1.29 is 14.3 Å². The first-order valence-corrected chi connectivity index (χ1v) is 10.6. The first kappa shape index (κ1) is 21.6. The van der Waals surface area contributed by atoms with Gasteiger partial charge < -0.3 is 19.8 Å². The van der Waals surface area contributed by atoms with Gasteiger partial charge in [-0.25, -0.2) is 4.79 Å². The molecular weight excluding hydrogens is 378 g/mol. The molecule has 0 aliphatic rings. The largest absolute Gasteiger partial charge is 0.494 e. The number of hydrogen-bond acceptors (Lipinski definition) is 4. The van der Waals surface area contributed by atoms with E-state index in [1.54, 1.807) is 0 Å². The molecule has 0 radical (unpaired) electrons. The van der Waals surface area contributed by atoms with Crippen molar-refractivity contribution in [3.05, 3.63) is 42.5 Å². The molecule has 1 amide bonds. The van der Waals surface area contributed by atoms with Crippen LogP contribution >= 0.6 is 0 Å². The molecule has 0 aliphatic heterocycles. The number of fused-ring (bicyclic) bond motifs is 1. The molecule has 0 bridgehead atoms. The molecule has 0 spiro atoms. The Morgan fingerprint density at radius 2 is 1.77 bits per heavy atom. The van der Waals surface area contributed by atoms with Crippen LogP contribution in [-0.4, -0.2) is 23.9 Å². The maximum Gasteiger partial charge on any atom is 0.411 e. The Labute approximate surface area is 178 Å². The van der Waals surface area contributed by atoms with Gasteiger partial charge in [-0.15, -0.1) is 0 Å². The summed E-state index contributed by atoms with van der Waals surface area (Å²) in [7, 11) is 0.